The number of allylic oxidation sites excluding steroid dienone is 4. The molecule has 152 valence electrons. The van der Waals surface area contributed by atoms with E-state index in [1.165, 1.54) is 122 Å². The molecule has 0 nitrogen and oxygen atoms in total. The summed E-state index contributed by atoms with van der Waals surface area (Å²) in [5.41, 5.74) is 0.499. The molecule has 0 fully saturated rings. The van der Waals surface area contributed by atoms with Crippen molar-refractivity contribution >= 4 is 0 Å². The van der Waals surface area contributed by atoms with Crippen molar-refractivity contribution in [2.45, 2.75) is 136 Å². The third-order valence-corrected chi connectivity index (χ3v) is 6.28. The van der Waals surface area contributed by atoms with Crippen LogP contribution in [0.2, 0.25) is 0 Å². The summed E-state index contributed by atoms with van der Waals surface area (Å²) >= 11 is 0. The molecule has 0 bridgehead atoms. The van der Waals surface area contributed by atoms with E-state index in [-0.39, 0.29) is 0 Å². The molecule has 0 atom stereocenters. The van der Waals surface area contributed by atoms with Crippen molar-refractivity contribution in [1.82, 2.24) is 0 Å². The second kappa shape index (κ2) is 16.6. The summed E-state index contributed by atoms with van der Waals surface area (Å²) in [6, 6.07) is 0. The van der Waals surface area contributed by atoms with Gasteiger partial charge in [0.1, 0.15) is 0 Å². The van der Waals surface area contributed by atoms with Gasteiger partial charge in [-0.1, -0.05) is 141 Å². The summed E-state index contributed by atoms with van der Waals surface area (Å²) in [5, 5.41) is 0. The minimum absolute atomic E-state index is 0.499. The van der Waals surface area contributed by atoms with Gasteiger partial charge in [-0.15, -0.1) is 0 Å². The minimum Gasteiger partial charge on any atom is -0.0837 e. The van der Waals surface area contributed by atoms with Crippen molar-refractivity contribution in [2.75, 3.05) is 0 Å². The Labute approximate surface area is 165 Å². The van der Waals surface area contributed by atoms with Crippen LogP contribution in [0.15, 0.2) is 24.3 Å². The Balaban J connectivity index is 2.11. The van der Waals surface area contributed by atoms with Gasteiger partial charge >= 0.3 is 0 Å². The SMILES string of the molecule is CCCCCCCCCCC1(CCCCCCCCCC)C=CC=CC1. The Bertz CT molecular complexity index is 329. The third-order valence-electron chi connectivity index (χ3n) is 6.28. The molecule has 0 heterocycles. The van der Waals surface area contributed by atoms with Gasteiger partial charge in [0.15, 0.2) is 0 Å². The molecule has 0 aromatic rings. The van der Waals surface area contributed by atoms with Crippen molar-refractivity contribution in [3.05, 3.63) is 24.3 Å². The largest absolute Gasteiger partial charge is 0.0837 e. The van der Waals surface area contributed by atoms with Gasteiger partial charge in [-0.2, -0.15) is 0 Å². The van der Waals surface area contributed by atoms with E-state index in [2.05, 4.69) is 38.2 Å². The van der Waals surface area contributed by atoms with E-state index in [9.17, 15) is 0 Å². The lowest BCUT2D eigenvalue weighted by Crippen LogP contribution is -2.18. The number of unbranched alkanes of at least 4 members (excludes halogenated alkanes) is 14. The molecular formula is C26H48. The van der Waals surface area contributed by atoms with Crippen LogP contribution < -0.4 is 0 Å². The smallest absolute Gasteiger partial charge is 0.00805 e. The van der Waals surface area contributed by atoms with Gasteiger partial charge < -0.3 is 0 Å². The lowest BCUT2D eigenvalue weighted by Gasteiger charge is -2.31. The normalized spacial score (nSPS) is 15.6. The maximum absolute atomic E-state index is 2.55. The Morgan fingerprint density at radius 2 is 0.962 bits per heavy atom. The summed E-state index contributed by atoms with van der Waals surface area (Å²) in [4.78, 5) is 0. The maximum atomic E-state index is 2.55. The Morgan fingerprint density at radius 1 is 0.538 bits per heavy atom. The van der Waals surface area contributed by atoms with Gasteiger partial charge in [0, 0.05) is 0 Å². The molecule has 26 heavy (non-hydrogen) atoms. The van der Waals surface area contributed by atoms with E-state index in [4.69, 9.17) is 0 Å². The summed E-state index contributed by atoms with van der Waals surface area (Å²) in [6.07, 6.45) is 36.6. The van der Waals surface area contributed by atoms with Crippen LogP contribution in [0, 0.1) is 5.41 Å². The van der Waals surface area contributed by atoms with Gasteiger partial charge in [0.05, 0.1) is 0 Å². The Hall–Kier alpha value is -0.520. The van der Waals surface area contributed by atoms with Gasteiger partial charge in [0.25, 0.3) is 0 Å². The summed E-state index contributed by atoms with van der Waals surface area (Å²) in [6.45, 7) is 4.61. The van der Waals surface area contributed by atoms with Crippen LogP contribution in [0.1, 0.15) is 136 Å². The number of hydrogen-bond donors (Lipinski definition) is 0. The van der Waals surface area contributed by atoms with Crippen LogP contribution >= 0.6 is 0 Å². The number of rotatable bonds is 18. The number of hydrogen-bond acceptors (Lipinski definition) is 0. The standard InChI is InChI=1S/C26H48/c1-3-5-7-9-11-13-15-18-22-26(24-20-17-21-25-26)23-19-16-14-12-10-8-6-4-2/h17,20-21,24H,3-16,18-19,22-23,25H2,1-2H3. The van der Waals surface area contributed by atoms with Crippen LogP contribution in [0.5, 0.6) is 0 Å². The zero-order chi connectivity index (χ0) is 18.8. The highest BCUT2D eigenvalue weighted by Gasteiger charge is 2.25. The lowest BCUT2D eigenvalue weighted by atomic mass is 9.73. The predicted octanol–water partition coefficient (Wildman–Crippen LogP) is 9.55. The van der Waals surface area contributed by atoms with Crippen LogP contribution in [0.4, 0.5) is 0 Å². The fourth-order valence-corrected chi connectivity index (χ4v) is 4.43. The van der Waals surface area contributed by atoms with E-state index in [0.717, 1.165) is 0 Å². The van der Waals surface area contributed by atoms with Crippen molar-refractivity contribution in [3.8, 4) is 0 Å². The van der Waals surface area contributed by atoms with E-state index in [1.54, 1.807) is 0 Å². The first-order valence-electron chi connectivity index (χ1n) is 12.2. The molecule has 0 N–H and O–H groups in total. The monoisotopic (exact) mass is 360 g/mol. The first-order chi connectivity index (χ1) is 12.8. The van der Waals surface area contributed by atoms with Crippen LogP contribution in [-0.2, 0) is 0 Å². The fraction of sp³-hybridized carbons (Fsp3) is 0.846. The quantitative estimate of drug-likeness (QED) is 0.213. The summed E-state index contributed by atoms with van der Waals surface area (Å²) in [5.74, 6) is 0. The van der Waals surface area contributed by atoms with Crippen molar-refractivity contribution in [1.29, 1.82) is 0 Å². The molecule has 0 unspecified atom stereocenters. The van der Waals surface area contributed by atoms with Gasteiger partial charge in [0.2, 0.25) is 0 Å². The van der Waals surface area contributed by atoms with E-state index >= 15 is 0 Å². The predicted molar refractivity (Wildman–Crippen MR) is 120 cm³/mol. The molecular weight excluding hydrogens is 312 g/mol. The average molecular weight is 361 g/mol. The van der Waals surface area contributed by atoms with E-state index < -0.39 is 0 Å². The molecule has 1 rings (SSSR count). The van der Waals surface area contributed by atoms with E-state index in [1.807, 2.05) is 0 Å². The lowest BCUT2D eigenvalue weighted by molar-refractivity contribution is 0.296. The molecule has 0 aromatic heterocycles. The topological polar surface area (TPSA) is 0 Å². The summed E-state index contributed by atoms with van der Waals surface area (Å²) in [7, 11) is 0. The van der Waals surface area contributed by atoms with Gasteiger partial charge in [-0.25, -0.2) is 0 Å². The fourth-order valence-electron chi connectivity index (χ4n) is 4.43. The molecule has 1 aliphatic rings. The molecule has 0 aliphatic heterocycles. The molecule has 0 heteroatoms. The third kappa shape index (κ3) is 12.0. The van der Waals surface area contributed by atoms with Crippen LogP contribution in [0.25, 0.3) is 0 Å². The summed E-state index contributed by atoms with van der Waals surface area (Å²) < 4.78 is 0. The zero-order valence-electron chi connectivity index (χ0n) is 18.2. The highest BCUT2D eigenvalue weighted by atomic mass is 14.3. The molecule has 0 radical (unpaired) electrons. The van der Waals surface area contributed by atoms with Crippen molar-refractivity contribution < 1.29 is 0 Å². The molecule has 0 saturated carbocycles. The van der Waals surface area contributed by atoms with Gasteiger partial charge in [-0.3, -0.25) is 0 Å². The average Bonchev–Trinajstić information content (AvgIpc) is 2.67. The maximum Gasteiger partial charge on any atom is -0.00805 e. The zero-order valence-corrected chi connectivity index (χ0v) is 18.2. The second-order valence-corrected chi connectivity index (χ2v) is 8.80. The van der Waals surface area contributed by atoms with E-state index in [0.29, 0.717) is 5.41 Å². The Kier molecular flexibility index (Phi) is 15.1. The molecule has 0 aromatic carbocycles. The van der Waals surface area contributed by atoms with Crippen molar-refractivity contribution in [3.63, 3.8) is 0 Å². The second-order valence-electron chi connectivity index (χ2n) is 8.80. The Morgan fingerprint density at radius 3 is 1.35 bits per heavy atom. The van der Waals surface area contributed by atoms with Gasteiger partial charge in [-0.05, 0) is 24.7 Å². The molecule has 0 saturated heterocycles. The highest BCUT2D eigenvalue weighted by Crippen LogP contribution is 2.39. The van der Waals surface area contributed by atoms with Crippen LogP contribution in [-0.4, -0.2) is 0 Å². The first-order valence-corrected chi connectivity index (χ1v) is 12.2. The van der Waals surface area contributed by atoms with Crippen molar-refractivity contribution in [2.24, 2.45) is 5.41 Å². The minimum atomic E-state index is 0.499. The van der Waals surface area contributed by atoms with Crippen LogP contribution in [0.3, 0.4) is 0 Å². The first kappa shape index (κ1) is 23.5. The molecule has 0 spiro atoms. The molecule has 0 amide bonds. The highest BCUT2D eigenvalue weighted by molar-refractivity contribution is 5.16. The molecule has 1 aliphatic carbocycles.